The molecule has 0 radical (unpaired) electrons. The van der Waals surface area contributed by atoms with Gasteiger partial charge in [0.25, 0.3) is 0 Å². The van der Waals surface area contributed by atoms with Crippen LogP contribution in [0.2, 0.25) is 0 Å². The van der Waals surface area contributed by atoms with E-state index in [4.69, 9.17) is 5.73 Å². The minimum Gasteiger partial charge on any atom is -0.790 e. The molecule has 0 saturated carbocycles. The van der Waals surface area contributed by atoms with E-state index in [0.717, 1.165) is 0 Å². The van der Waals surface area contributed by atoms with E-state index in [9.17, 15) is 24.3 Å². The van der Waals surface area contributed by atoms with E-state index in [1.54, 1.807) is 0 Å². The van der Waals surface area contributed by atoms with Crippen LogP contribution < -0.4 is 20.6 Å². The summed E-state index contributed by atoms with van der Waals surface area (Å²) in [6.45, 7) is -0.896. The van der Waals surface area contributed by atoms with Gasteiger partial charge >= 0.3 is 0 Å². The summed E-state index contributed by atoms with van der Waals surface area (Å²) in [7, 11) is -5.13. The van der Waals surface area contributed by atoms with E-state index in [2.05, 4.69) is 4.52 Å². The van der Waals surface area contributed by atoms with Gasteiger partial charge in [0.2, 0.25) is 0 Å². The molecule has 7 nitrogen and oxygen atoms in total. The molecule has 0 aromatic rings. The van der Waals surface area contributed by atoms with Gasteiger partial charge in [0.1, 0.15) is 0 Å². The highest BCUT2D eigenvalue weighted by atomic mass is 31.2. The zero-order valence-electron chi connectivity index (χ0n) is 5.26. The van der Waals surface area contributed by atoms with Gasteiger partial charge in [0.15, 0.2) is 0 Å². The van der Waals surface area contributed by atoms with Crippen LogP contribution in [0.1, 0.15) is 0 Å². The standard InChI is InChI=1S/C3H8NO6P/c4-2(3(5)6)1-10-11(7,8)9/h2H,1,4H2,(H,5,6)(H2,7,8,9)/p-3. The first kappa shape index (κ1) is 10.5. The number of phosphoric ester groups is 1. The van der Waals surface area contributed by atoms with Crippen molar-refractivity contribution in [2.45, 2.75) is 6.04 Å². The highest BCUT2D eigenvalue weighted by Crippen LogP contribution is 2.23. The van der Waals surface area contributed by atoms with Crippen LogP contribution >= 0.6 is 7.82 Å². The molecular formula is C3H5NO6P-3. The summed E-state index contributed by atoms with van der Waals surface area (Å²) >= 11 is 0. The van der Waals surface area contributed by atoms with Crippen molar-refractivity contribution in [2.75, 3.05) is 6.61 Å². The number of phosphoric acid groups is 1. The topological polar surface area (TPSA) is 139 Å². The molecule has 0 aromatic carbocycles. The highest BCUT2D eigenvalue weighted by molar-refractivity contribution is 7.43. The van der Waals surface area contributed by atoms with Crippen LogP contribution in [0.25, 0.3) is 0 Å². The maximum atomic E-state index is 9.81. The zero-order valence-corrected chi connectivity index (χ0v) is 6.15. The number of rotatable bonds is 4. The van der Waals surface area contributed by atoms with Crippen molar-refractivity contribution >= 4 is 13.8 Å². The van der Waals surface area contributed by atoms with E-state index in [1.807, 2.05) is 0 Å². The first-order chi connectivity index (χ1) is 4.83. The summed E-state index contributed by atoms with van der Waals surface area (Å²) < 4.78 is 13.3. The fourth-order valence-corrected chi connectivity index (χ4v) is 0.583. The maximum Gasteiger partial charge on any atom is 0.0723 e. The average Bonchev–Trinajstić information content (AvgIpc) is 1.80. The minimum atomic E-state index is -5.13. The summed E-state index contributed by atoms with van der Waals surface area (Å²) in [6.07, 6.45) is 0. The van der Waals surface area contributed by atoms with Gasteiger partial charge in [-0.05, 0) is 0 Å². The Hall–Kier alpha value is -0.460. The lowest BCUT2D eigenvalue weighted by atomic mass is 10.3. The molecule has 0 spiro atoms. The van der Waals surface area contributed by atoms with Crippen LogP contribution in [0.3, 0.4) is 0 Å². The van der Waals surface area contributed by atoms with Gasteiger partial charge < -0.3 is 34.5 Å². The van der Waals surface area contributed by atoms with Gasteiger partial charge in [0.05, 0.1) is 26.4 Å². The molecule has 1 unspecified atom stereocenters. The number of carboxylic acid groups (broad SMARTS) is 1. The van der Waals surface area contributed by atoms with Gasteiger partial charge in [-0.15, -0.1) is 0 Å². The number of carboxylic acids is 1. The van der Waals surface area contributed by atoms with E-state index in [-0.39, 0.29) is 0 Å². The van der Waals surface area contributed by atoms with Crippen molar-refractivity contribution in [1.82, 2.24) is 0 Å². The monoisotopic (exact) mass is 182 g/mol. The molecule has 0 saturated heterocycles. The molecule has 11 heavy (non-hydrogen) atoms. The van der Waals surface area contributed by atoms with Crippen LogP contribution in [-0.4, -0.2) is 18.6 Å². The lowest BCUT2D eigenvalue weighted by molar-refractivity contribution is -0.342. The predicted molar refractivity (Wildman–Crippen MR) is 26.5 cm³/mol. The second-order valence-corrected chi connectivity index (χ2v) is 2.82. The van der Waals surface area contributed by atoms with Gasteiger partial charge in [-0.3, -0.25) is 0 Å². The second-order valence-electron chi connectivity index (χ2n) is 1.67. The molecule has 0 aliphatic carbocycles. The van der Waals surface area contributed by atoms with E-state index < -0.39 is 26.4 Å². The van der Waals surface area contributed by atoms with E-state index >= 15 is 0 Å². The van der Waals surface area contributed by atoms with Crippen molar-refractivity contribution in [3.63, 3.8) is 0 Å². The third-order valence-corrected chi connectivity index (χ3v) is 1.18. The molecule has 0 bridgehead atoms. The fourth-order valence-electron chi connectivity index (χ4n) is 0.240. The first-order valence-electron chi connectivity index (χ1n) is 2.46. The Bertz CT molecular complexity index is 186. The number of carbonyl (C=O) groups is 1. The quantitative estimate of drug-likeness (QED) is 0.436. The summed E-state index contributed by atoms with van der Waals surface area (Å²) in [6, 6.07) is -1.61. The molecule has 0 fully saturated rings. The van der Waals surface area contributed by atoms with Crippen molar-refractivity contribution in [1.29, 1.82) is 0 Å². The Balaban J connectivity index is 3.72. The van der Waals surface area contributed by atoms with Crippen LogP contribution in [0.4, 0.5) is 0 Å². The SMILES string of the molecule is NC(COP(=O)([O-])[O-])C(=O)[O-]. The molecule has 0 heterocycles. The van der Waals surface area contributed by atoms with Crippen molar-refractivity contribution in [3.05, 3.63) is 0 Å². The Kier molecular flexibility index (Phi) is 3.64. The Morgan fingerprint density at radius 3 is 2.36 bits per heavy atom. The summed E-state index contributed by atoms with van der Waals surface area (Å²) in [5.41, 5.74) is 4.74. The number of nitrogens with two attached hydrogens (primary N) is 1. The van der Waals surface area contributed by atoms with Crippen LogP contribution in [0, 0.1) is 0 Å². The molecule has 2 N–H and O–H groups in total. The van der Waals surface area contributed by atoms with Crippen molar-refractivity contribution < 1.29 is 28.8 Å². The smallest absolute Gasteiger partial charge is 0.0723 e. The molecule has 0 rings (SSSR count). The van der Waals surface area contributed by atoms with E-state index in [1.165, 1.54) is 0 Å². The van der Waals surface area contributed by atoms with Gasteiger partial charge in [-0.25, -0.2) is 0 Å². The molecule has 1 atom stereocenters. The highest BCUT2D eigenvalue weighted by Gasteiger charge is 2.03. The third kappa shape index (κ3) is 5.96. The summed E-state index contributed by atoms with van der Waals surface area (Å²) in [4.78, 5) is 29.3. The largest absolute Gasteiger partial charge is 0.790 e. The van der Waals surface area contributed by atoms with Gasteiger partial charge in [-0.2, -0.15) is 0 Å². The minimum absolute atomic E-state index is 0.896. The molecular weight excluding hydrogens is 177 g/mol. The van der Waals surface area contributed by atoms with Gasteiger partial charge in [-0.1, -0.05) is 0 Å². The molecule has 0 aromatic heterocycles. The fraction of sp³-hybridized carbons (Fsp3) is 0.667. The van der Waals surface area contributed by atoms with Gasteiger partial charge in [0, 0.05) is 0 Å². The summed E-state index contributed by atoms with van der Waals surface area (Å²) in [5.74, 6) is -1.68. The molecule has 66 valence electrons. The number of hydrogen-bond donors (Lipinski definition) is 1. The number of hydrogen-bond acceptors (Lipinski definition) is 7. The Morgan fingerprint density at radius 1 is 1.64 bits per heavy atom. The first-order valence-corrected chi connectivity index (χ1v) is 3.92. The van der Waals surface area contributed by atoms with Crippen LogP contribution in [0.5, 0.6) is 0 Å². The lowest BCUT2D eigenvalue weighted by Gasteiger charge is -2.29. The zero-order chi connectivity index (χ0) is 9.07. The maximum absolute atomic E-state index is 9.81. The van der Waals surface area contributed by atoms with Crippen LogP contribution in [-0.2, 0) is 13.9 Å². The lowest BCUT2D eigenvalue weighted by Crippen LogP contribution is -2.45. The number of carbonyl (C=O) groups excluding carboxylic acids is 1. The normalized spacial score (nSPS) is 14.5. The van der Waals surface area contributed by atoms with E-state index in [0.29, 0.717) is 0 Å². The van der Waals surface area contributed by atoms with Crippen LogP contribution in [0.15, 0.2) is 0 Å². The van der Waals surface area contributed by atoms with Crippen molar-refractivity contribution in [3.8, 4) is 0 Å². The second kappa shape index (κ2) is 3.80. The predicted octanol–water partition coefficient (Wildman–Crippen LogP) is -4.09. The Morgan fingerprint density at radius 2 is 2.09 bits per heavy atom. The molecule has 0 aliphatic heterocycles. The molecule has 0 amide bonds. The average molecular weight is 182 g/mol. The molecule has 0 aliphatic rings. The van der Waals surface area contributed by atoms with Crippen molar-refractivity contribution in [2.24, 2.45) is 5.73 Å². The molecule has 8 heteroatoms. The Labute approximate surface area is 62.0 Å². The number of aliphatic carboxylic acids is 1. The summed E-state index contributed by atoms with van der Waals surface area (Å²) in [5, 5.41) is 9.81. The third-order valence-electron chi connectivity index (χ3n) is 0.715.